The van der Waals surface area contributed by atoms with E-state index in [-0.39, 0.29) is 5.91 Å². The molecular formula is C11H13IN4O. The number of anilines is 1. The van der Waals surface area contributed by atoms with Crippen LogP contribution in [-0.4, -0.2) is 20.9 Å². The molecule has 2 rings (SSSR count). The molecule has 5 nitrogen and oxygen atoms in total. The summed E-state index contributed by atoms with van der Waals surface area (Å²) < 4.78 is 0.992. The molecule has 0 aliphatic heterocycles. The van der Waals surface area contributed by atoms with E-state index in [0.29, 0.717) is 5.95 Å². The van der Waals surface area contributed by atoms with Crippen molar-refractivity contribution >= 4 is 45.5 Å². The van der Waals surface area contributed by atoms with Crippen LogP contribution in [0.2, 0.25) is 0 Å². The Morgan fingerprint density at radius 1 is 1.47 bits per heavy atom. The molecule has 2 aromatic rings. The monoisotopic (exact) mass is 344 g/mol. The number of hydrogen-bond donors (Lipinski definition) is 2. The second-order valence-corrected chi connectivity index (χ2v) is 5.98. The zero-order chi connectivity index (χ0) is 12.6. The normalized spacial score (nSPS) is 11.8. The van der Waals surface area contributed by atoms with Gasteiger partial charge in [0.2, 0.25) is 11.9 Å². The van der Waals surface area contributed by atoms with Crippen LogP contribution in [0.5, 0.6) is 0 Å². The molecule has 0 saturated heterocycles. The van der Waals surface area contributed by atoms with Gasteiger partial charge < -0.3 is 4.98 Å². The Balaban J connectivity index is 2.28. The molecular weight excluding hydrogens is 331 g/mol. The van der Waals surface area contributed by atoms with Gasteiger partial charge >= 0.3 is 0 Å². The number of amides is 1. The van der Waals surface area contributed by atoms with Gasteiger partial charge in [-0.1, -0.05) is 20.8 Å². The molecule has 0 aliphatic carbocycles. The van der Waals surface area contributed by atoms with Crippen LogP contribution in [0, 0.1) is 9.12 Å². The van der Waals surface area contributed by atoms with Crippen LogP contribution in [0.15, 0.2) is 12.3 Å². The number of aromatic amines is 1. The second-order valence-electron chi connectivity index (χ2n) is 4.82. The van der Waals surface area contributed by atoms with E-state index in [4.69, 9.17) is 0 Å². The largest absolute Gasteiger partial charge is 0.335 e. The summed E-state index contributed by atoms with van der Waals surface area (Å²) in [4.78, 5) is 23.2. The Kier molecular flexibility index (Phi) is 3.07. The Morgan fingerprint density at radius 3 is 2.82 bits per heavy atom. The average molecular weight is 344 g/mol. The van der Waals surface area contributed by atoms with Crippen molar-refractivity contribution in [2.24, 2.45) is 5.41 Å². The first kappa shape index (κ1) is 12.3. The molecule has 0 fully saturated rings. The minimum Gasteiger partial charge on any atom is -0.335 e. The lowest BCUT2D eigenvalue weighted by Gasteiger charge is -2.16. The highest BCUT2D eigenvalue weighted by molar-refractivity contribution is 14.1. The molecule has 0 saturated carbocycles. The lowest BCUT2D eigenvalue weighted by Crippen LogP contribution is -2.28. The molecule has 0 spiro atoms. The molecule has 6 heteroatoms. The van der Waals surface area contributed by atoms with Crippen LogP contribution in [0.4, 0.5) is 5.95 Å². The van der Waals surface area contributed by atoms with Crippen LogP contribution < -0.4 is 5.32 Å². The Labute approximate surface area is 113 Å². The van der Waals surface area contributed by atoms with Crippen LogP contribution in [-0.2, 0) is 4.79 Å². The van der Waals surface area contributed by atoms with Gasteiger partial charge in [0.15, 0.2) is 0 Å². The van der Waals surface area contributed by atoms with Gasteiger partial charge in [-0.05, 0) is 28.7 Å². The van der Waals surface area contributed by atoms with Crippen molar-refractivity contribution in [1.29, 1.82) is 0 Å². The van der Waals surface area contributed by atoms with E-state index in [1.54, 1.807) is 6.20 Å². The van der Waals surface area contributed by atoms with Crippen LogP contribution in [0.3, 0.4) is 0 Å². The van der Waals surface area contributed by atoms with E-state index in [0.717, 1.165) is 14.7 Å². The summed E-state index contributed by atoms with van der Waals surface area (Å²) in [5, 5.41) is 3.63. The lowest BCUT2D eigenvalue weighted by molar-refractivity contribution is -0.123. The Hall–Kier alpha value is -1.18. The summed E-state index contributed by atoms with van der Waals surface area (Å²) in [6.07, 6.45) is 1.69. The zero-order valence-corrected chi connectivity index (χ0v) is 12.0. The third kappa shape index (κ3) is 2.74. The summed E-state index contributed by atoms with van der Waals surface area (Å²) in [6, 6.07) is 1.95. The lowest BCUT2D eigenvalue weighted by atomic mass is 9.96. The molecule has 0 bridgehead atoms. The van der Waals surface area contributed by atoms with Gasteiger partial charge in [-0.15, -0.1) is 0 Å². The number of nitrogens with one attached hydrogen (secondary N) is 2. The summed E-state index contributed by atoms with van der Waals surface area (Å²) in [5.41, 5.74) is 0.274. The molecule has 0 atom stereocenters. The van der Waals surface area contributed by atoms with Gasteiger partial charge in [0.05, 0.1) is 3.70 Å². The van der Waals surface area contributed by atoms with E-state index in [2.05, 4.69) is 42.9 Å². The zero-order valence-electron chi connectivity index (χ0n) is 9.84. The van der Waals surface area contributed by atoms with Crippen molar-refractivity contribution < 1.29 is 4.79 Å². The predicted octanol–water partition coefficient (Wildman–Crippen LogP) is 2.55. The van der Waals surface area contributed by atoms with Crippen molar-refractivity contribution in [2.45, 2.75) is 20.8 Å². The number of aromatic nitrogens is 3. The van der Waals surface area contributed by atoms with Crippen molar-refractivity contribution in [3.05, 3.63) is 16.0 Å². The molecule has 1 amide bonds. The number of carbonyl (C=O) groups excluding carboxylic acids is 1. The molecule has 17 heavy (non-hydrogen) atoms. The Morgan fingerprint density at radius 2 is 2.18 bits per heavy atom. The van der Waals surface area contributed by atoms with Crippen molar-refractivity contribution in [2.75, 3.05) is 5.32 Å². The number of carbonyl (C=O) groups is 1. The SMILES string of the molecule is CC(C)(C)C(=O)Nc1ncc2cc(I)[nH]c2n1. The maximum Gasteiger partial charge on any atom is 0.232 e. The number of rotatable bonds is 1. The van der Waals surface area contributed by atoms with Crippen LogP contribution in [0.1, 0.15) is 20.8 Å². The van der Waals surface area contributed by atoms with Crippen molar-refractivity contribution in [3.63, 3.8) is 0 Å². The maximum absolute atomic E-state index is 11.8. The predicted molar refractivity (Wildman–Crippen MR) is 74.7 cm³/mol. The number of fused-ring (bicyclic) bond motifs is 1. The highest BCUT2D eigenvalue weighted by Gasteiger charge is 2.22. The van der Waals surface area contributed by atoms with Crippen LogP contribution in [0.25, 0.3) is 11.0 Å². The molecule has 0 unspecified atom stereocenters. The quantitative estimate of drug-likeness (QED) is 0.781. The van der Waals surface area contributed by atoms with E-state index in [1.807, 2.05) is 26.8 Å². The summed E-state index contributed by atoms with van der Waals surface area (Å²) >= 11 is 2.17. The van der Waals surface area contributed by atoms with Gasteiger partial charge in [-0.25, -0.2) is 4.98 Å². The van der Waals surface area contributed by atoms with E-state index >= 15 is 0 Å². The minimum absolute atomic E-state index is 0.0990. The molecule has 0 radical (unpaired) electrons. The summed E-state index contributed by atoms with van der Waals surface area (Å²) in [5.74, 6) is 0.230. The average Bonchev–Trinajstić information content (AvgIpc) is 2.55. The highest BCUT2D eigenvalue weighted by Crippen LogP contribution is 2.18. The molecule has 2 N–H and O–H groups in total. The molecule has 2 aromatic heterocycles. The van der Waals surface area contributed by atoms with Crippen molar-refractivity contribution in [3.8, 4) is 0 Å². The first-order valence-corrected chi connectivity index (χ1v) is 6.27. The number of H-pyrrole nitrogens is 1. The first-order chi connectivity index (χ1) is 7.86. The highest BCUT2D eigenvalue weighted by atomic mass is 127. The van der Waals surface area contributed by atoms with Crippen molar-refractivity contribution in [1.82, 2.24) is 15.0 Å². The van der Waals surface area contributed by atoms with Gasteiger partial charge in [0, 0.05) is 17.0 Å². The molecule has 0 aliphatic rings. The van der Waals surface area contributed by atoms with E-state index in [1.165, 1.54) is 0 Å². The number of halogens is 1. The first-order valence-electron chi connectivity index (χ1n) is 5.19. The van der Waals surface area contributed by atoms with Gasteiger partial charge in [0.25, 0.3) is 0 Å². The van der Waals surface area contributed by atoms with Gasteiger partial charge in [-0.2, -0.15) is 4.98 Å². The van der Waals surface area contributed by atoms with E-state index < -0.39 is 5.41 Å². The fourth-order valence-corrected chi connectivity index (χ4v) is 1.82. The van der Waals surface area contributed by atoms with E-state index in [9.17, 15) is 4.79 Å². The number of hydrogen-bond acceptors (Lipinski definition) is 3. The smallest absolute Gasteiger partial charge is 0.232 e. The van der Waals surface area contributed by atoms with Crippen LogP contribution >= 0.6 is 22.6 Å². The third-order valence-electron chi connectivity index (χ3n) is 2.24. The fraction of sp³-hybridized carbons (Fsp3) is 0.364. The summed E-state index contributed by atoms with van der Waals surface area (Å²) in [7, 11) is 0. The second kappa shape index (κ2) is 4.25. The van der Waals surface area contributed by atoms with Gasteiger partial charge in [0.1, 0.15) is 5.65 Å². The minimum atomic E-state index is -0.456. The maximum atomic E-state index is 11.8. The topological polar surface area (TPSA) is 70.7 Å². The Bertz CT molecular complexity index is 570. The number of nitrogens with zero attached hydrogens (tertiary/aromatic N) is 2. The fourth-order valence-electron chi connectivity index (χ4n) is 1.23. The molecule has 2 heterocycles. The summed E-state index contributed by atoms with van der Waals surface area (Å²) in [6.45, 7) is 5.54. The molecule has 90 valence electrons. The van der Waals surface area contributed by atoms with Gasteiger partial charge in [-0.3, -0.25) is 10.1 Å². The third-order valence-corrected chi connectivity index (χ3v) is 2.82. The standard InChI is InChI=1S/C11H13IN4O/c1-11(2,3)9(17)16-10-13-5-6-4-7(12)14-8(6)15-10/h4-5H,1-3H3,(H2,13,14,15,16,17). The molecule has 0 aromatic carbocycles.